The highest BCUT2D eigenvalue weighted by atomic mass is 15.2. The van der Waals surface area contributed by atoms with Crippen LogP contribution in [0.4, 0.5) is 0 Å². The molecule has 1 heterocycles. The summed E-state index contributed by atoms with van der Waals surface area (Å²) >= 11 is 0. The molecule has 0 saturated carbocycles. The zero-order valence-electron chi connectivity index (χ0n) is 15.1. The first-order chi connectivity index (χ1) is 12.8. The van der Waals surface area contributed by atoms with Gasteiger partial charge in [0.25, 0.3) is 0 Å². The Hall–Kier alpha value is -2.88. The maximum atomic E-state index is 4.52. The van der Waals surface area contributed by atoms with Crippen LogP contribution in [0, 0.1) is 0 Å². The maximum Gasteiger partial charge on any atom is 0.191 e. The predicted molar refractivity (Wildman–Crippen MR) is 107 cm³/mol. The van der Waals surface area contributed by atoms with Crippen molar-refractivity contribution in [1.29, 1.82) is 0 Å². The molecule has 1 aliphatic rings. The van der Waals surface area contributed by atoms with Crippen molar-refractivity contribution < 1.29 is 0 Å². The van der Waals surface area contributed by atoms with Gasteiger partial charge in [0.05, 0.1) is 5.52 Å². The quantitative estimate of drug-likeness (QED) is 0.561. The first kappa shape index (κ1) is 16.6. The number of benzene rings is 2. The highest BCUT2D eigenvalue weighted by Gasteiger charge is 2.21. The second kappa shape index (κ2) is 7.56. The van der Waals surface area contributed by atoms with Crippen LogP contribution in [0.1, 0.15) is 29.0 Å². The molecule has 3 aromatic rings. The van der Waals surface area contributed by atoms with Gasteiger partial charge in [0.15, 0.2) is 5.96 Å². The number of pyridine rings is 1. The number of fused-ring (bicyclic) bond motifs is 2. The summed E-state index contributed by atoms with van der Waals surface area (Å²) in [5.41, 5.74) is 5.19. The van der Waals surface area contributed by atoms with E-state index in [1.165, 1.54) is 29.5 Å². The van der Waals surface area contributed by atoms with Gasteiger partial charge in [0.1, 0.15) is 0 Å². The lowest BCUT2D eigenvalue weighted by Gasteiger charge is -2.16. The van der Waals surface area contributed by atoms with E-state index in [4.69, 9.17) is 0 Å². The van der Waals surface area contributed by atoms with Gasteiger partial charge in [0.2, 0.25) is 0 Å². The van der Waals surface area contributed by atoms with E-state index in [0.717, 1.165) is 23.4 Å². The predicted octanol–water partition coefficient (Wildman–Crippen LogP) is 3.63. The highest BCUT2D eigenvalue weighted by Crippen LogP contribution is 2.32. The van der Waals surface area contributed by atoms with E-state index in [-0.39, 0.29) is 0 Å². The summed E-state index contributed by atoms with van der Waals surface area (Å²) in [6.07, 6.45) is 4.23. The minimum Gasteiger partial charge on any atom is -0.356 e. The normalized spacial score (nSPS) is 16.5. The molecule has 0 bridgehead atoms. The summed E-state index contributed by atoms with van der Waals surface area (Å²) in [4.78, 5) is 8.89. The molecule has 2 N–H and O–H groups in total. The fourth-order valence-electron chi connectivity index (χ4n) is 3.79. The van der Waals surface area contributed by atoms with Gasteiger partial charge in [-0.3, -0.25) is 9.98 Å². The third kappa shape index (κ3) is 3.40. The summed E-state index contributed by atoms with van der Waals surface area (Å²) in [5, 5.41) is 8.08. The molecule has 4 rings (SSSR count). The molecule has 0 aliphatic heterocycles. The second-order valence-corrected chi connectivity index (χ2v) is 6.73. The molecular formula is C22H24N4. The lowest BCUT2D eigenvalue weighted by Crippen LogP contribution is -2.38. The lowest BCUT2D eigenvalue weighted by molar-refractivity contribution is 0.642. The number of aliphatic imine (C=N–C) groups is 1. The van der Waals surface area contributed by atoms with Crippen molar-refractivity contribution in [3.8, 4) is 0 Å². The van der Waals surface area contributed by atoms with Gasteiger partial charge >= 0.3 is 0 Å². The number of aryl methyl sites for hydroxylation is 1. The van der Waals surface area contributed by atoms with E-state index < -0.39 is 0 Å². The molecule has 132 valence electrons. The van der Waals surface area contributed by atoms with Crippen molar-refractivity contribution >= 4 is 16.9 Å². The Bertz CT molecular complexity index is 927. The molecule has 2 aromatic carbocycles. The number of nitrogens with one attached hydrogen (secondary N) is 2. The average molecular weight is 344 g/mol. The minimum absolute atomic E-state index is 0.559. The number of guanidine groups is 1. The van der Waals surface area contributed by atoms with Gasteiger partial charge in [-0.1, -0.05) is 48.5 Å². The largest absolute Gasteiger partial charge is 0.356 e. The van der Waals surface area contributed by atoms with E-state index in [0.29, 0.717) is 12.5 Å². The topological polar surface area (TPSA) is 49.3 Å². The first-order valence-corrected chi connectivity index (χ1v) is 9.20. The number of para-hydroxylation sites is 1. The Labute approximate surface area is 154 Å². The smallest absolute Gasteiger partial charge is 0.191 e. The van der Waals surface area contributed by atoms with Gasteiger partial charge in [-0.15, -0.1) is 0 Å². The van der Waals surface area contributed by atoms with Crippen molar-refractivity contribution in [3.05, 3.63) is 77.5 Å². The van der Waals surface area contributed by atoms with Gasteiger partial charge in [-0.05, 0) is 35.6 Å². The zero-order valence-corrected chi connectivity index (χ0v) is 15.1. The Morgan fingerprint density at radius 3 is 2.88 bits per heavy atom. The Morgan fingerprint density at radius 2 is 1.96 bits per heavy atom. The molecule has 1 aromatic heterocycles. The number of hydrogen-bond acceptors (Lipinski definition) is 2. The van der Waals surface area contributed by atoms with Crippen LogP contribution < -0.4 is 10.6 Å². The SMILES string of the molecule is CN=C(NCc1cccc2cccnc12)NCC1CCc2ccccc21. The van der Waals surface area contributed by atoms with Crippen LogP contribution in [-0.2, 0) is 13.0 Å². The standard InChI is InChI=1S/C22H24N4/c1-23-22(25-14-18-12-11-16-6-2-3-10-20(16)18)26-15-19-8-4-7-17-9-5-13-24-21(17)19/h2-10,13,18H,11-12,14-15H2,1H3,(H2,23,25,26). The molecule has 0 saturated heterocycles. The van der Waals surface area contributed by atoms with Crippen LogP contribution in [0.5, 0.6) is 0 Å². The Balaban J connectivity index is 1.38. The second-order valence-electron chi connectivity index (χ2n) is 6.73. The maximum absolute atomic E-state index is 4.52. The molecular weight excluding hydrogens is 320 g/mol. The number of hydrogen-bond donors (Lipinski definition) is 2. The Kier molecular flexibility index (Phi) is 4.82. The summed E-state index contributed by atoms with van der Waals surface area (Å²) in [7, 11) is 1.82. The van der Waals surface area contributed by atoms with Gasteiger partial charge < -0.3 is 10.6 Å². The summed E-state index contributed by atoms with van der Waals surface area (Å²) in [6.45, 7) is 1.61. The summed E-state index contributed by atoms with van der Waals surface area (Å²) in [6, 6.07) is 19.1. The van der Waals surface area contributed by atoms with E-state index in [1.54, 1.807) is 0 Å². The van der Waals surface area contributed by atoms with Crippen LogP contribution in [0.3, 0.4) is 0 Å². The van der Waals surface area contributed by atoms with Crippen LogP contribution >= 0.6 is 0 Å². The molecule has 0 amide bonds. The van der Waals surface area contributed by atoms with Gasteiger partial charge in [-0.2, -0.15) is 0 Å². The van der Waals surface area contributed by atoms with E-state index in [9.17, 15) is 0 Å². The molecule has 26 heavy (non-hydrogen) atoms. The average Bonchev–Trinajstić information content (AvgIpc) is 3.11. The number of rotatable bonds is 4. The fraction of sp³-hybridized carbons (Fsp3) is 0.273. The number of nitrogens with zero attached hydrogens (tertiary/aromatic N) is 2. The number of aromatic nitrogens is 1. The van der Waals surface area contributed by atoms with Crippen molar-refractivity contribution in [1.82, 2.24) is 15.6 Å². The van der Waals surface area contributed by atoms with Crippen LogP contribution in [-0.4, -0.2) is 24.5 Å². The first-order valence-electron chi connectivity index (χ1n) is 9.20. The van der Waals surface area contributed by atoms with Crippen LogP contribution in [0.2, 0.25) is 0 Å². The summed E-state index contributed by atoms with van der Waals surface area (Å²) in [5.74, 6) is 1.39. The summed E-state index contributed by atoms with van der Waals surface area (Å²) < 4.78 is 0. The van der Waals surface area contributed by atoms with Crippen molar-refractivity contribution in [2.75, 3.05) is 13.6 Å². The lowest BCUT2D eigenvalue weighted by atomic mass is 10.0. The monoisotopic (exact) mass is 344 g/mol. The third-order valence-corrected chi connectivity index (χ3v) is 5.16. The van der Waals surface area contributed by atoms with Crippen LogP contribution in [0.15, 0.2) is 65.8 Å². The molecule has 1 aliphatic carbocycles. The molecule has 0 radical (unpaired) electrons. The molecule has 0 spiro atoms. The fourth-order valence-corrected chi connectivity index (χ4v) is 3.79. The van der Waals surface area contributed by atoms with E-state index in [1.807, 2.05) is 19.3 Å². The molecule has 1 unspecified atom stereocenters. The van der Waals surface area contributed by atoms with Crippen molar-refractivity contribution in [2.24, 2.45) is 4.99 Å². The molecule has 4 nitrogen and oxygen atoms in total. The van der Waals surface area contributed by atoms with E-state index >= 15 is 0 Å². The van der Waals surface area contributed by atoms with Gasteiger partial charge in [-0.25, -0.2) is 0 Å². The zero-order chi connectivity index (χ0) is 17.8. The van der Waals surface area contributed by atoms with E-state index in [2.05, 4.69) is 69.1 Å². The third-order valence-electron chi connectivity index (χ3n) is 5.16. The Morgan fingerprint density at radius 1 is 1.08 bits per heavy atom. The van der Waals surface area contributed by atoms with Crippen molar-refractivity contribution in [3.63, 3.8) is 0 Å². The molecule has 0 fully saturated rings. The van der Waals surface area contributed by atoms with Crippen LogP contribution in [0.25, 0.3) is 10.9 Å². The minimum atomic E-state index is 0.559. The molecule has 1 atom stereocenters. The van der Waals surface area contributed by atoms with Crippen molar-refractivity contribution in [2.45, 2.75) is 25.3 Å². The van der Waals surface area contributed by atoms with Gasteiger partial charge in [0, 0.05) is 37.6 Å². The molecule has 4 heteroatoms. The highest BCUT2D eigenvalue weighted by molar-refractivity contribution is 5.83.